The van der Waals surface area contributed by atoms with Crippen molar-refractivity contribution in [2.45, 2.75) is 25.7 Å². The number of fused-ring (bicyclic) bond motifs is 1. The van der Waals surface area contributed by atoms with Gasteiger partial charge in [-0.3, -0.25) is 4.98 Å². The van der Waals surface area contributed by atoms with Gasteiger partial charge < -0.3 is 4.40 Å². The van der Waals surface area contributed by atoms with Crippen LogP contribution in [0.25, 0.3) is 5.65 Å². The van der Waals surface area contributed by atoms with Crippen molar-refractivity contribution in [2.75, 3.05) is 5.75 Å². The van der Waals surface area contributed by atoms with Gasteiger partial charge in [-0.25, -0.2) is 4.98 Å². The molecule has 0 saturated carbocycles. The third-order valence-corrected chi connectivity index (χ3v) is 2.97. The Kier molecular flexibility index (Phi) is 2.69. The highest BCUT2D eigenvalue weighted by atomic mass is 32.1. The van der Waals surface area contributed by atoms with E-state index in [4.69, 9.17) is 0 Å². The number of hydrogen-bond acceptors (Lipinski definition) is 3. The zero-order valence-corrected chi connectivity index (χ0v) is 9.91. The number of imidazole rings is 1. The van der Waals surface area contributed by atoms with Gasteiger partial charge in [0.1, 0.15) is 0 Å². The quantitative estimate of drug-likeness (QED) is 0.806. The highest BCUT2D eigenvalue weighted by molar-refractivity contribution is 7.80. The molecule has 2 rings (SSSR count). The fourth-order valence-electron chi connectivity index (χ4n) is 1.75. The van der Waals surface area contributed by atoms with Gasteiger partial charge in [-0.2, -0.15) is 12.6 Å². The molecule has 0 N–H and O–H groups in total. The second-order valence-corrected chi connectivity index (χ2v) is 4.75. The highest BCUT2D eigenvalue weighted by Crippen LogP contribution is 2.27. The van der Waals surface area contributed by atoms with Crippen molar-refractivity contribution in [3.63, 3.8) is 0 Å². The first-order chi connectivity index (χ1) is 7.15. The zero-order chi connectivity index (χ0) is 10.9. The normalized spacial score (nSPS) is 12.2. The Labute approximate surface area is 95.0 Å². The Balaban J connectivity index is 2.52. The largest absolute Gasteiger partial charge is 0.301 e. The van der Waals surface area contributed by atoms with E-state index < -0.39 is 0 Å². The van der Waals surface area contributed by atoms with Crippen molar-refractivity contribution in [3.8, 4) is 0 Å². The predicted octanol–water partition coefficient (Wildman–Crippen LogP) is 2.33. The van der Waals surface area contributed by atoms with E-state index in [9.17, 15) is 0 Å². The van der Waals surface area contributed by atoms with Crippen LogP contribution in [0.4, 0.5) is 0 Å². The molecule has 2 aromatic rings. The lowest BCUT2D eigenvalue weighted by Crippen LogP contribution is -2.20. The molecule has 0 unspecified atom stereocenters. The lowest BCUT2D eigenvalue weighted by Gasteiger charge is -2.23. The smallest absolute Gasteiger partial charge is 0.155 e. The Hall–Kier alpha value is -1.03. The molecule has 4 heteroatoms. The van der Waals surface area contributed by atoms with E-state index in [1.807, 2.05) is 12.4 Å². The molecule has 0 aliphatic heterocycles. The summed E-state index contributed by atoms with van der Waals surface area (Å²) in [6.07, 6.45) is 8.49. The molecule has 15 heavy (non-hydrogen) atoms. The van der Waals surface area contributed by atoms with Gasteiger partial charge in [0.25, 0.3) is 0 Å². The first-order valence-electron chi connectivity index (χ1n) is 5.03. The van der Waals surface area contributed by atoms with Gasteiger partial charge in [-0.1, -0.05) is 13.8 Å². The average molecular weight is 221 g/mol. The average Bonchev–Trinajstić information content (AvgIpc) is 2.61. The van der Waals surface area contributed by atoms with E-state index in [0.717, 1.165) is 17.8 Å². The number of rotatable bonds is 3. The summed E-state index contributed by atoms with van der Waals surface area (Å²) >= 11 is 4.30. The number of thiol groups is 1. The van der Waals surface area contributed by atoms with Crippen molar-refractivity contribution >= 4 is 18.3 Å². The number of nitrogens with zero attached hydrogens (tertiary/aromatic N) is 3. The number of aromatic nitrogens is 3. The van der Waals surface area contributed by atoms with E-state index in [1.54, 1.807) is 12.4 Å². The summed E-state index contributed by atoms with van der Waals surface area (Å²) in [5.41, 5.74) is 2.22. The summed E-state index contributed by atoms with van der Waals surface area (Å²) < 4.78 is 2.09. The molecule has 80 valence electrons. The molecule has 0 fully saturated rings. The standard InChI is InChI=1S/C11H15N3S/c1-11(2,3-6-15)9-7-13-10-8-12-4-5-14(9)10/h4-5,7-8,15H,3,6H2,1-2H3. The van der Waals surface area contributed by atoms with Crippen LogP contribution < -0.4 is 0 Å². The van der Waals surface area contributed by atoms with Gasteiger partial charge in [0, 0.05) is 29.7 Å². The maximum Gasteiger partial charge on any atom is 0.155 e. The molecule has 0 aliphatic rings. The monoisotopic (exact) mass is 221 g/mol. The predicted molar refractivity (Wildman–Crippen MR) is 64.5 cm³/mol. The summed E-state index contributed by atoms with van der Waals surface area (Å²) in [5, 5.41) is 0. The molecule has 0 spiro atoms. The van der Waals surface area contributed by atoms with E-state index in [-0.39, 0.29) is 5.41 Å². The van der Waals surface area contributed by atoms with Crippen LogP contribution in [-0.2, 0) is 5.41 Å². The Morgan fingerprint density at radius 2 is 2.20 bits per heavy atom. The number of hydrogen-bond donors (Lipinski definition) is 1. The van der Waals surface area contributed by atoms with Crippen LogP contribution in [-0.4, -0.2) is 20.1 Å². The van der Waals surface area contributed by atoms with Crippen LogP contribution >= 0.6 is 12.6 Å². The third-order valence-electron chi connectivity index (χ3n) is 2.75. The summed E-state index contributed by atoms with van der Waals surface area (Å²) in [7, 11) is 0. The third kappa shape index (κ3) is 1.86. The van der Waals surface area contributed by atoms with Crippen LogP contribution in [0.15, 0.2) is 24.8 Å². The molecule has 2 heterocycles. The molecule has 0 aliphatic carbocycles. The van der Waals surface area contributed by atoms with E-state index >= 15 is 0 Å². The van der Waals surface area contributed by atoms with Gasteiger partial charge in [0.05, 0.1) is 6.20 Å². The Bertz CT molecular complexity index is 462. The minimum Gasteiger partial charge on any atom is -0.301 e. The topological polar surface area (TPSA) is 30.2 Å². The lowest BCUT2D eigenvalue weighted by molar-refractivity contribution is 0.491. The van der Waals surface area contributed by atoms with Gasteiger partial charge in [0.2, 0.25) is 0 Å². The van der Waals surface area contributed by atoms with E-state index in [2.05, 4.69) is 40.8 Å². The summed E-state index contributed by atoms with van der Waals surface area (Å²) in [6, 6.07) is 0. The minimum absolute atomic E-state index is 0.0997. The summed E-state index contributed by atoms with van der Waals surface area (Å²) in [6.45, 7) is 4.43. The molecular formula is C11H15N3S. The first-order valence-corrected chi connectivity index (χ1v) is 5.67. The van der Waals surface area contributed by atoms with Gasteiger partial charge in [-0.15, -0.1) is 0 Å². The van der Waals surface area contributed by atoms with E-state index in [0.29, 0.717) is 0 Å². The second-order valence-electron chi connectivity index (χ2n) is 4.31. The molecule has 0 bridgehead atoms. The summed E-state index contributed by atoms with van der Waals surface area (Å²) in [4.78, 5) is 8.40. The minimum atomic E-state index is 0.0997. The molecule has 2 aromatic heterocycles. The molecule has 0 radical (unpaired) electrons. The van der Waals surface area contributed by atoms with E-state index in [1.165, 1.54) is 5.69 Å². The SMILES string of the molecule is CC(C)(CCS)c1cnc2cnccn12. The van der Waals surface area contributed by atoms with Gasteiger partial charge >= 0.3 is 0 Å². The Morgan fingerprint density at radius 3 is 2.93 bits per heavy atom. The van der Waals surface area contributed by atoms with Crippen LogP contribution in [0.5, 0.6) is 0 Å². The molecule has 0 amide bonds. The van der Waals surface area contributed by atoms with Crippen molar-refractivity contribution in [3.05, 3.63) is 30.5 Å². The molecule has 3 nitrogen and oxygen atoms in total. The van der Waals surface area contributed by atoms with Gasteiger partial charge in [-0.05, 0) is 12.2 Å². The van der Waals surface area contributed by atoms with Crippen LogP contribution in [0.3, 0.4) is 0 Å². The summed E-state index contributed by atoms with van der Waals surface area (Å²) in [5.74, 6) is 0.880. The maximum atomic E-state index is 4.34. The lowest BCUT2D eigenvalue weighted by atomic mass is 9.87. The van der Waals surface area contributed by atoms with Crippen molar-refractivity contribution in [2.24, 2.45) is 0 Å². The first kappa shape index (κ1) is 10.5. The molecule has 0 saturated heterocycles. The van der Waals surface area contributed by atoms with Crippen molar-refractivity contribution in [1.29, 1.82) is 0 Å². The molecule has 0 atom stereocenters. The van der Waals surface area contributed by atoms with Gasteiger partial charge in [0.15, 0.2) is 5.65 Å². The fourth-order valence-corrected chi connectivity index (χ4v) is 2.31. The second kappa shape index (κ2) is 3.85. The fraction of sp³-hybridized carbons (Fsp3) is 0.455. The molecule has 0 aromatic carbocycles. The molecular weight excluding hydrogens is 206 g/mol. The van der Waals surface area contributed by atoms with Crippen LogP contribution in [0.2, 0.25) is 0 Å². The maximum absolute atomic E-state index is 4.34. The Morgan fingerprint density at radius 1 is 1.40 bits per heavy atom. The van der Waals surface area contributed by atoms with Crippen LogP contribution in [0.1, 0.15) is 26.0 Å². The zero-order valence-electron chi connectivity index (χ0n) is 9.01. The van der Waals surface area contributed by atoms with Crippen molar-refractivity contribution in [1.82, 2.24) is 14.4 Å². The highest BCUT2D eigenvalue weighted by Gasteiger charge is 2.23. The van der Waals surface area contributed by atoms with Crippen LogP contribution in [0, 0.1) is 0 Å². The van der Waals surface area contributed by atoms with Crippen molar-refractivity contribution < 1.29 is 0 Å².